The van der Waals surface area contributed by atoms with Crippen LogP contribution in [0.2, 0.25) is 0 Å². The number of para-hydroxylation sites is 2. The number of nitrogens with two attached hydrogens (primary N) is 1. The van der Waals surface area contributed by atoms with E-state index in [4.69, 9.17) is 10.5 Å². The molecule has 1 rings (SSSR count). The van der Waals surface area contributed by atoms with E-state index in [1.807, 2.05) is 52.0 Å². The van der Waals surface area contributed by atoms with Crippen LogP contribution in [0.5, 0.6) is 5.75 Å². The van der Waals surface area contributed by atoms with Crippen LogP contribution in [0.15, 0.2) is 24.3 Å². The molecular weight excluding hydrogens is 240 g/mol. The van der Waals surface area contributed by atoms with Gasteiger partial charge < -0.3 is 15.8 Å². The van der Waals surface area contributed by atoms with Crippen molar-refractivity contribution in [2.45, 2.75) is 52.2 Å². The van der Waals surface area contributed by atoms with E-state index in [-0.39, 0.29) is 11.5 Å². The molecule has 0 saturated carbocycles. The van der Waals surface area contributed by atoms with E-state index in [9.17, 15) is 4.79 Å². The van der Waals surface area contributed by atoms with Crippen molar-refractivity contribution in [1.82, 2.24) is 0 Å². The molecule has 1 atom stereocenters. The summed E-state index contributed by atoms with van der Waals surface area (Å²) in [5, 5.41) is 2.83. The number of hydrogen-bond acceptors (Lipinski definition) is 3. The van der Waals surface area contributed by atoms with Gasteiger partial charge in [-0.05, 0) is 39.3 Å². The van der Waals surface area contributed by atoms with E-state index in [1.165, 1.54) is 0 Å². The molecule has 0 heterocycles. The highest BCUT2D eigenvalue weighted by Gasteiger charge is 2.17. The number of ether oxygens (including phenoxy) is 1. The lowest BCUT2D eigenvalue weighted by atomic mass is 10.1. The first-order valence-electron chi connectivity index (χ1n) is 6.68. The highest BCUT2D eigenvalue weighted by Crippen LogP contribution is 2.27. The molecule has 3 N–H and O–H groups in total. The van der Waals surface area contributed by atoms with Crippen LogP contribution in [0.1, 0.15) is 40.5 Å². The minimum atomic E-state index is -0.479. The second kappa shape index (κ2) is 6.57. The van der Waals surface area contributed by atoms with Gasteiger partial charge in [-0.1, -0.05) is 25.5 Å². The fraction of sp³-hybridized carbons (Fsp3) is 0.533. The van der Waals surface area contributed by atoms with E-state index in [1.54, 1.807) is 0 Å². The van der Waals surface area contributed by atoms with Crippen LogP contribution >= 0.6 is 0 Å². The Hall–Kier alpha value is -1.55. The molecule has 0 radical (unpaired) electrons. The quantitative estimate of drug-likeness (QED) is 0.859. The molecule has 0 bridgehead atoms. The molecule has 1 aromatic rings. The summed E-state index contributed by atoms with van der Waals surface area (Å²) in [5.41, 5.74) is 6.15. The van der Waals surface area contributed by atoms with Crippen molar-refractivity contribution in [3.63, 3.8) is 0 Å². The van der Waals surface area contributed by atoms with Gasteiger partial charge in [0.2, 0.25) is 5.91 Å². The number of anilines is 1. The number of hydrogen-bond donors (Lipinski definition) is 2. The molecule has 4 nitrogen and oxygen atoms in total. The molecular formula is C15H24N2O2. The zero-order chi connectivity index (χ0) is 14.5. The molecule has 4 heteroatoms. The van der Waals surface area contributed by atoms with Crippen LogP contribution in [0.3, 0.4) is 0 Å². The summed E-state index contributed by atoms with van der Waals surface area (Å²) >= 11 is 0. The van der Waals surface area contributed by atoms with Gasteiger partial charge in [0.05, 0.1) is 11.7 Å². The molecule has 0 aliphatic carbocycles. The number of carbonyl (C=O) groups is 1. The summed E-state index contributed by atoms with van der Waals surface area (Å²) < 4.78 is 5.82. The Bertz CT molecular complexity index is 424. The zero-order valence-corrected chi connectivity index (χ0v) is 12.2. The molecule has 0 saturated heterocycles. The van der Waals surface area contributed by atoms with Gasteiger partial charge in [-0.25, -0.2) is 0 Å². The van der Waals surface area contributed by atoms with E-state index >= 15 is 0 Å². The normalized spacial score (nSPS) is 12.9. The van der Waals surface area contributed by atoms with E-state index in [2.05, 4.69) is 5.32 Å². The first-order chi connectivity index (χ1) is 8.83. The van der Waals surface area contributed by atoms with Crippen LogP contribution in [-0.4, -0.2) is 17.6 Å². The van der Waals surface area contributed by atoms with E-state index in [0.29, 0.717) is 17.9 Å². The average Bonchev–Trinajstić information content (AvgIpc) is 2.30. The van der Waals surface area contributed by atoms with Gasteiger partial charge in [-0.3, -0.25) is 4.79 Å². The molecule has 1 aromatic carbocycles. The minimum Gasteiger partial charge on any atom is -0.486 e. The lowest BCUT2D eigenvalue weighted by molar-refractivity contribution is -0.117. The molecule has 0 aliphatic rings. The molecule has 106 valence electrons. The van der Waals surface area contributed by atoms with Gasteiger partial charge in [-0.15, -0.1) is 0 Å². The van der Waals surface area contributed by atoms with Crippen LogP contribution in [0.4, 0.5) is 5.69 Å². The van der Waals surface area contributed by atoms with Crippen molar-refractivity contribution < 1.29 is 9.53 Å². The number of amides is 1. The zero-order valence-electron chi connectivity index (χ0n) is 12.2. The van der Waals surface area contributed by atoms with Gasteiger partial charge >= 0.3 is 0 Å². The Morgan fingerprint density at radius 3 is 2.58 bits per heavy atom. The topological polar surface area (TPSA) is 64.4 Å². The fourth-order valence-electron chi connectivity index (χ4n) is 1.66. The van der Waals surface area contributed by atoms with Crippen molar-refractivity contribution >= 4 is 11.6 Å². The first-order valence-corrected chi connectivity index (χ1v) is 6.68. The van der Waals surface area contributed by atoms with Gasteiger partial charge in [0.1, 0.15) is 11.4 Å². The molecule has 1 amide bonds. The Morgan fingerprint density at radius 2 is 2.00 bits per heavy atom. The molecule has 0 fully saturated rings. The number of rotatable bonds is 5. The average molecular weight is 264 g/mol. The summed E-state index contributed by atoms with van der Waals surface area (Å²) in [6.07, 6.45) is 1.56. The summed E-state index contributed by atoms with van der Waals surface area (Å²) in [6.45, 7) is 7.90. The van der Waals surface area contributed by atoms with Crippen molar-refractivity contribution in [2.75, 3.05) is 5.32 Å². The minimum absolute atomic E-state index is 0.174. The summed E-state index contributed by atoms with van der Waals surface area (Å²) in [6, 6.07) is 6.91. The summed E-state index contributed by atoms with van der Waals surface area (Å²) in [7, 11) is 0. The van der Waals surface area contributed by atoms with Gasteiger partial charge in [0, 0.05) is 0 Å². The molecule has 1 unspecified atom stereocenters. The largest absolute Gasteiger partial charge is 0.486 e. The maximum Gasteiger partial charge on any atom is 0.241 e. The standard InChI is InChI=1S/C15H24N2O2/c1-5-8-11(16)14(18)17-12-9-6-7-10-13(12)19-15(2,3)4/h6-7,9-11H,5,8,16H2,1-4H3,(H,17,18). The first kappa shape index (κ1) is 15.5. The maximum absolute atomic E-state index is 11.9. The van der Waals surface area contributed by atoms with Crippen LogP contribution in [0.25, 0.3) is 0 Å². The second-order valence-corrected chi connectivity index (χ2v) is 5.60. The molecule has 0 aliphatic heterocycles. The van der Waals surface area contributed by atoms with Crippen LogP contribution < -0.4 is 15.8 Å². The Balaban J connectivity index is 2.81. The third kappa shape index (κ3) is 5.30. The van der Waals surface area contributed by atoms with Crippen molar-refractivity contribution in [1.29, 1.82) is 0 Å². The van der Waals surface area contributed by atoms with E-state index < -0.39 is 6.04 Å². The lowest BCUT2D eigenvalue weighted by Crippen LogP contribution is -2.35. The van der Waals surface area contributed by atoms with Crippen molar-refractivity contribution in [2.24, 2.45) is 5.73 Å². The summed E-state index contributed by atoms with van der Waals surface area (Å²) in [5.74, 6) is 0.485. The predicted octanol–water partition coefficient (Wildman–Crippen LogP) is 2.93. The molecule has 0 aromatic heterocycles. The number of nitrogens with one attached hydrogen (secondary N) is 1. The maximum atomic E-state index is 11.9. The third-order valence-electron chi connectivity index (χ3n) is 2.50. The Morgan fingerprint density at radius 1 is 1.37 bits per heavy atom. The fourth-order valence-corrected chi connectivity index (χ4v) is 1.66. The van der Waals surface area contributed by atoms with Gasteiger partial charge in [-0.2, -0.15) is 0 Å². The highest BCUT2D eigenvalue weighted by atomic mass is 16.5. The SMILES string of the molecule is CCCC(N)C(=O)Nc1ccccc1OC(C)(C)C. The van der Waals surface area contributed by atoms with Crippen LogP contribution in [0, 0.1) is 0 Å². The second-order valence-electron chi connectivity index (χ2n) is 5.60. The number of benzene rings is 1. The summed E-state index contributed by atoms with van der Waals surface area (Å²) in [4.78, 5) is 11.9. The Labute approximate surface area is 115 Å². The number of carbonyl (C=O) groups excluding carboxylic acids is 1. The van der Waals surface area contributed by atoms with Crippen LogP contribution in [-0.2, 0) is 4.79 Å². The van der Waals surface area contributed by atoms with Crippen molar-refractivity contribution in [3.8, 4) is 5.75 Å². The molecule has 0 spiro atoms. The van der Waals surface area contributed by atoms with E-state index in [0.717, 1.165) is 6.42 Å². The molecule has 19 heavy (non-hydrogen) atoms. The smallest absolute Gasteiger partial charge is 0.241 e. The van der Waals surface area contributed by atoms with Crippen molar-refractivity contribution in [3.05, 3.63) is 24.3 Å². The third-order valence-corrected chi connectivity index (χ3v) is 2.50. The highest BCUT2D eigenvalue weighted by molar-refractivity contribution is 5.95. The predicted molar refractivity (Wildman–Crippen MR) is 78.3 cm³/mol. The van der Waals surface area contributed by atoms with Gasteiger partial charge in [0.25, 0.3) is 0 Å². The van der Waals surface area contributed by atoms with Gasteiger partial charge in [0.15, 0.2) is 0 Å². The monoisotopic (exact) mass is 264 g/mol. The lowest BCUT2D eigenvalue weighted by Gasteiger charge is -2.23. The Kier molecular flexibility index (Phi) is 5.36.